The summed E-state index contributed by atoms with van der Waals surface area (Å²) in [5.74, 6) is -0.694. The maximum Gasteiger partial charge on any atom is 0.256 e. The average Bonchev–Trinajstić information content (AvgIpc) is 2.67. The first-order valence-corrected chi connectivity index (χ1v) is 8.64. The number of nitrogens with zero attached hydrogens (tertiary/aromatic N) is 1. The van der Waals surface area contributed by atoms with Gasteiger partial charge in [0.05, 0.1) is 16.8 Å². The van der Waals surface area contributed by atoms with E-state index in [0.29, 0.717) is 11.3 Å². The normalized spacial score (nSPS) is 10.7. The molecular formula is C23H17FN2O. The molecule has 3 aromatic carbocycles. The largest absolute Gasteiger partial charge is 0.322 e. The van der Waals surface area contributed by atoms with Crippen LogP contribution in [0, 0.1) is 12.7 Å². The van der Waals surface area contributed by atoms with Crippen molar-refractivity contribution in [2.45, 2.75) is 6.92 Å². The molecule has 0 bridgehead atoms. The van der Waals surface area contributed by atoms with Crippen molar-refractivity contribution in [2.75, 3.05) is 5.32 Å². The zero-order valence-corrected chi connectivity index (χ0v) is 14.7. The molecule has 0 atom stereocenters. The number of pyridine rings is 1. The number of nitrogens with one attached hydrogen (secondary N) is 1. The van der Waals surface area contributed by atoms with E-state index in [9.17, 15) is 9.18 Å². The molecule has 1 amide bonds. The van der Waals surface area contributed by atoms with Gasteiger partial charge in [0.2, 0.25) is 0 Å². The fourth-order valence-corrected chi connectivity index (χ4v) is 3.08. The van der Waals surface area contributed by atoms with Crippen molar-refractivity contribution in [3.8, 4) is 11.3 Å². The molecule has 4 aromatic rings. The smallest absolute Gasteiger partial charge is 0.256 e. The number of aromatic nitrogens is 1. The average molecular weight is 356 g/mol. The summed E-state index contributed by atoms with van der Waals surface area (Å²) in [7, 11) is 0. The molecule has 0 aliphatic rings. The topological polar surface area (TPSA) is 42.0 Å². The molecule has 3 nitrogen and oxygen atoms in total. The first kappa shape index (κ1) is 16.9. The second kappa shape index (κ2) is 7.00. The van der Waals surface area contributed by atoms with Gasteiger partial charge in [0.1, 0.15) is 5.82 Å². The summed E-state index contributed by atoms with van der Waals surface area (Å²) >= 11 is 0. The van der Waals surface area contributed by atoms with Gasteiger partial charge in [0, 0.05) is 16.6 Å². The fourth-order valence-electron chi connectivity index (χ4n) is 3.08. The summed E-state index contributed by atoms with van der Waals surface area (Å²) in [6, 6.07) is 23.1. The van der Waals surface area contributed by atoms with Crippen molar-refractivity contribution in [1.82, 2.24) is 4.98 Å². The van der Waals surface area contributed by atoms with Gasteiger partial charge in [0.25, 0.3) is 5.91 Å². The molecule has 1 N–H and O–H groups in total. The number of aryl methyl sites for hydroxylation is 1. The number of rotatable bonds is 3. The summed E-state index contributed by atoms with van der Waals surface area (Å²) in [4.78, 5) is 17.6. The lowest BCUT2D eigenvalue weighted by molar-refractivity contribution is 0.102. The van der Waals surface area contributed by atoms with Crippen LogP contribution >= 0.6 is 0 Å². The van der Waals surface area contributed by atoms with Crippen LogP contribution < -0.4 is 5.32 Å². The van der Waals surface area contributed by atoms with E-state index in [1.54, 1.807) is 18.2 Å². The monoisotopic (exact) mass is 356 g/mol. The van der Waals surface area contributed by atoms with Crippen molar-refractivity contribution in [2.24, 2.45) is 0 Å². The van der Waals surface area contributed by atoms with Gasteiger partial charge >= 0.3 is 0 Å². The van der Waals surface area contributed by atoms with E-state index >= 15 is 0 Å². The Balaban J connectivity index is 1.82. The van der Waals surface area contributed by atoms with Gasteiger partial charge in [-0.15, -0.1) is 0 Å². The number of amides is 1. The second-order valence-electron chi connectivity index (χ2n) is 6.41. The van der Waals surface area contributed by atoms with E-state index in [0.717, 1.165) is 27.7 Å². The highest BCUT2D eigenvalue weighted by Crippen LogP contribution is 2.26. The van der Waals surface area contributed by atoms with Gasteiger partial charge in [-0.1, -0.05) is 48.0 Å². The molecular weight excluding hydrogens is 339 g/mol. The number of carbonyl (C=O) groups is 1. The minimum absolute atomic E-state index is 0.298. The summed E-state index contributed by atoms with van der Waals surface area (Å²) in [6.07, 6.45) is 0. The Morgan fingerprint density at radius 2 is 1.74 bits per heavy atom. The molecule has 1 aromatic heterocycles. The summed E-state index contributed by atoms with van der Waals surface area (Å²) in [5, 5.41) is 3.53. The number of hydrogen-bond donors (Lipinski definition) is 1. The highest BCUT2D eigenvalue weighted by molar-refractivity contribution is 6.13. The van der Waals surface area contributed by atoms with E-state index < -0.39 is 5.82 Å². The number of benzene rings is 3. The highest BCUT2D eigenvalue weighted by atomic mass is 19.1. The van der Waals surface area contributed by atoms with Crippen molar-refractivity contribution >= 4 is 22.5 Å². The van der Waals surface area contributed by atoms with Gasteiger partial charge in [0.15, 0.2) is 0 Å². The lowest BCUT2D eigenvalue weighted by atomic mass is 10.0. The molecule has 4 rings (SSSR count). The van der Waals surface area contributed by atoms with Crippen molar-refractivity contribution < 1.29 is 9.18 Å². The highest BCUT2D eigenvalue weighted by Gasteiger charge is 2.14. The van der Waals surface area contributed by atoms with Crippen molar-refractivity contribution in [1.29, 1.82) is 0 Å². The van der Waals surface area contributed by atoms with E-state index in [1.165, 1.54) is 12.1 Å². The first-order chi connectivity index (χ1) is 13.1. The van der Waals surface area contributed by atoms with Crippen LogP contribution in [0.15, 0.2) is 78.9 Å². The van der Waals surface area contributed by atoms with Crippen LogP contribution in [0.2, 0.25) is 0 Å². The molecule has 0 spiro atoms. The molecule has 0 radical (unpaired) electrons. The molecule has 1 heterocycles. The molecule has 0 saturated heterocycles. The molecule has 0 fully saturated rings. The van der Waals surface area contributed by atoms with Gasteiger partial charge in [-0.3, -0.25) is 4.79 Å². The minimum atomic E-state index is -0.396. The maximum atomic E-state index is 13.4. The zero-order chi connectivity index (χ0) is 18.8. The quantitative estimate of drug-likeness (QED) is 0.519. The minimum Gasteiger partial charge on any atom is -0.322 e. The molecule has 27 heavy (non-hydrogen) atoms. The Morgan fingerprint density at radius 3 is 2.56 bits per heavy atom. The Labute approximate surface area is 156 Å². The number of hydrogen-bond acceptors (Lipinski definition) is 2. The van der Waals surface area contributed by atoms with E-state index in [2.05, 4.69) is 5.32 Å². The fraction of sp³-hybridized carbons (Fsp3) is 0.0435. The molecule has 132 valence electrons. The van der Waals surface area contributed by atoms with Gasteiger partial charge in [-0.05, 0) is 43.3 Å². The number of anilines is 1. The lowest BCUT2D eigenvalue weighted by Gasteiger charge is -2.11. The number of fused-ring (bicyclic) bond motifs is 1. The van der Waals surface area contributed by atoms with Crippen molar-refractivity contribution in [3.05, 3.63) is 95.8 Å². The van der Waals surface area contributed by atoms with Gasteiger partial charge in [-0.25, -0.2) is 9.37 Å². The standard InChI is InChI=1S/C23H17FN2O/c1-15-6-4-7-16(12-15)22-14-20(19-10-2-3-11-21(19)26-22)23(27)25-18-9-5-8-17(24)13-18/h2-14H,1H3,(H,25,27). The Kier molecular flexibility index (Phi) is 4.38. The Morgan fingerprint density at radius 1 is 0.926 bits per heavy atom. The zero-order valence-electron chi connectivity index (χ0n) is 14.7. The molecule has 4 heteroatoms. The third-order valence-electron chi connectivity index (χ3n) is 4.36. The first-order valence-electron chi connectivity index (χ1n) is 8.64. The SMILES string of the molecule is Cc1cccc(-c2cc(C(=O)Nc3cccc(F)c3)c3ccccc3n2)c1. The number of halogens is 1. The maximum absolute atomic E-state index is 13.4. The molecule has 0 aliphatic heterocycles. The van der Waals surface area contributed by atoms with Crippen LogP contribution in [0.3, 0.4) is 0 Å². The predicted octanol–water partition coefficient (Wildman–Crippen LogP) is 5.60. The van der Waals surface area contributed by atoms with Gasteiger partial charge in [-0.2, -0.15) is 0 Å². The summed E-state index contributed by atoms with van der Waals surface area (Å²) in [5.41, 5.74) is 4.44. The van der Waals surface area contributed by atoms with Crippen LogP contribution in [0.4, 0.5) is 10.1 Å². The van der Waals surface area contributed by atoms with Crippen molar-refractivity contribution in [3.63, 3.8) is 0 Å². The van der Waals surface area contributed by atoms with Crippen LogP contribution in [-0.4, -0.2) is 10.9 Å². The second-order valence-corrected chi connectivity index (χ2v) is 6.41. The van der Waals surface area contributed by atoms with E-state index in [4.69, 9.17) is 4.98 Å². The van der Waals surface area contributed by atoms with Gasteiger partial charge < -0.3 is 5.32 Å². The van der Waals surface area contributed by atoms with Crippen LogP contribution in [0.25, 0.3) is 22.2 Å². The Hall–Kier alpha value is -3.53. The van der Waals surface area contributed by atoms with E-state index in [1.807, 2.05) is 55.5 Å². The summed E-state index contributed by atoms with van der Waals surface area (Å²) < 4.78 is 13.4. The molecule has 0 aliphatic carbocycles. The van der Waals surface area contributed by atoms with Crippen LogP contribution in [0.5, 0.6) is 0 Å². The lowest BCUT2D eigenvalue weighted by Crippen LogP contribution is -2.13. The van der Waals surface area contributed by atoms with Crippen LogP contribution in [0.1, 0.15) is 15.9 Å². The number of para-hydroxylation sites is 1. The predicted molar refractivity (Wildman–Crippen MR) is 106 cm³/mol. The third kappa shape index (κ3) is 3.55. The van der Waals surface area contributed by atoms with Crippen LogP contribution in [-0.2, 0) is 0 Å². The number of carbonyl (C=O) groups excluding carboxylic acids is 1. The third-order valence-corrected chi connectivity index (χ3v) is 4.36. The summed E-state index contributed by atoms with van der Waals surface area (Å²) in [6.45, 7) is 2.02. The Bertz CT molecular complexity index is 1150. The molecule has 0 saturated carbocycles. The van der Waals surface area contributed by atoms with E-state index in [-0.39, 0.29) is 5.91 Å². The molecule has 0 unspecified atom stereocenters.